The Balaban J connectivity index is 1.50. The van der Waals surface area contributed by atoms with Gasteiger partial charge in [-0.15, -0.1) is 0 Å². The van der Waals surface area contributed by atoms with Crippen molar-refractivity contribution in [2.75, 3.05) is 13.2 Å². The van der Waals surface area contributed by atoms with Crippen molar-refractivity contribution in [3.63, 3.8) is 0 Å². The summed E-state index contributed by atoms with van der Waals surface area (Å²) in [6.07, 6.45) is 3.01. The number of rotatable bonds is 5. The van der Waals surface area contributed by atoms with Gasteiger partial charge in [-0.2, -0.15) is 0 Å². The summed E-state index contributed by atoms with van der Waals surface area (Å²) in [6.45, 7) is 0.311. The van der Waals surface area contributed by atoms with E-state index in [1.54, 1.807) is 30.3 Å². The van der Waals surface area contributed by atoms with Gasteiger partial charge in [0.2, 0.25) is 0 Å². The molecule has 6 heteroatoms. The van der Waals surface area contributed by atoms with Gasteiger partial charge in [-0.1, -0.05) is 23.7 Å². The number of fused-ring (bicyclic) bond motifs is 1. The minimum absolute atomic E-state index is 0.00500. The molecular formula is C16H15ClO5. The van der Waals surface area contributed by atoms with E-state index in [1.807, 2.05) is 0 Å². The fraction of sp³-hybridized carbons (Fsp3) is 0.375. The zero-order valence-corrected chi connectivity index (χ0v) is 12.5. The van der Waals surface area contributed by atoms with Crippen molar-refractivity contribution in [1.82, 2.24) is 0 Å². The Labute approximate surface area is 132 Å². The molecule has 1 aromatic rings. The van der Waals surface area contributed by atoms with Crippen molar-refractivity contribution in [3.05, 3.63) is 41.4 Å². The summed E-state index contributed by atoms with van der Waals surface area (Å²) >= 11 is 5.84. The van der Waals surface area contributed by atoms with Gasteiger partial charge in [0.1, 0.15) is 11.9 Å². The summed E-state index contributed by atoms with van der Waals surface area (Å²) in [5, 5.41) is 0.553. The zero-order chi connectivity index (χ0) is 15.5. The van der Waals surface area contributed by atoms with Gasteiger partial charge in [0, 0.05) is 10.9 Å². The molecule has 2 heterocycles. The lowest BCUT2D eigenvalue weighted by Crippen LogP contribution is -2.18. The van der Waals surface area contributed by atoms with E-state index < -0.39 is 0 Å². The number of esters is 1. The number of carbonyl (C=O) groups excluding carboxylic acids is 2. The van der Waals surface area contributed by atoms with Crippen molar-refractivity contribution in [3.8, 4) is 5.75 Å². The molecule has 3 rings (SSSR count). The van der Waals surface area contributed by atoms with Crippen LogP contribution in [0.3, 0.4) is 0 Å². The molecule has 0 radical (unpaired) electrons. The first kappa shape index (κ1) is 15.1. The Bertz CT molecular complexity index is 612. The minimum atomic E-state index is -0.258. The minimum Gasteiger partial charge on any atom is -0.485 e. The molecule has 0 aliphatic carbocycles. The average Bonchev–Trinajstić information content (AvgIpc) is 3.02. The Morgan fingerprint density at radius 1 is 1.45 bits per heavy atom. The molecule has 22 heavy (non-hydrogen) atoms. The molecule has 0 N–H and O–H groups in total. The van der Waals surface area contributed by atoms with Gasteiger partial charge >= 0.3 is 5.97 Å². The molecule has 5 nitrogen and oxygen atoms in total. The monoisotopic (exact) mass is 322 g/mol. The quantitative estimate of drug-likeness (QED) is 0.614. The van der Waals surface area contributed by atoms with E-state index in [2.05, 4.69) is 0 Å². The highest BCUT2D eigenvalue weighted by Gasteiger charge is 2.44. The van der Waals surface area contributed by atoms with Crippen LogP contribution in [0.4, 0.5) is 0 Å². The number of ether oxygens (including phenoxy) is 3. The van der Waals surface area contributed by atoms with Crippen LogP contribution in [0.1, 0.15) is 6.42 Å². The van der Waals surface area contributed by atoms with Crippen molar-refractivity contribution >= 4 is 23.4 Å². The van der Waals surface area contributed by atoms with Crippen molar-refractivity contribution in [2.24, 2.45) is 5.92 Å². The molecule has 3 atom stereocenters. The summed E-state index contributed by atoms with van der Waals surface area (Å²) in [5.41, 5.74) is 0. The van der Waals surface area contributed by atoms with E-state index in [-0.39, 0.29) is 36.5 Å². The number of hydrogen-bond acceptors (Lipinski definition) is 5. The van der Waals surface area contributed by atoms with E-state index in [1.165, 1.54) is 6.08 Å². The van der Waals surface area contributed by atoms with E-state index in [0.29, 0.717) is 23.8 Å². The van der Waals surface area contributed by atoms with Crippen LogP contribution in [0.25, 0.3) is 0 Å². The first-order chi connectivity index (χ1) is 10.6. The van der Waals surface area contributed by atoms with E-state index >= 15 is 0 Å². The Hall–Kier alpha value is -1.85. The van der Waals surface area contributed by atoms with Crippen molar-refractivity contribution in [1.29, 1.82) is 0 Å². The molecule has 2 aliphatic heterocycles. The second-order valence-corrected chi connectivity index (χ2v) is 5.70. The highest BCUT2D eigenvalue weighted by molar-refractivity contribution is 6.30. The topological polar surface area (TPSA) is 61.8 Å². The summed E-state index contributed by atoms with van der Waals surface area (Å²) in [7, 11) is 0. The molecule has 2 aliphatic rings. The maximum Gasteiger partial charge on any atom is 0.306 e. The third-order valence-corrected chi connectivity index (χ3v) is 3.92. The SMILES string of the molecule is O=C(C=C[C@H]1OC[C@@H]2OC(=O)C[C@@H]21)COc1cccc(Cl)c1. The van der Waals surface area contributed by atoms with Crippen molar-refractivity contribution < 1.29 is 23.8 Å². The lowest BCUT2D eigenvalue weighted by Gasteiger charge is -2.09. The summed E-state index contributed by atoms with van der Waals surface area (Å²) in [6, 6.07) is 6.86. The molecule has 0 saturated carbocycles. The Morgan fingerprint density at radius 2 is 2.32 bits per heavy atom. The molecule has 0 unspecified atom stereocenters. The van der Waals surface area contributed by atoms with Crippen LogP contribution >= 0.6 is 11.6 Å². The van der Waals surface area contributed by atoms with Crippen LogP contribution in [-0.2, 0) is 19.1 Å². The number of halogens is 1. The Kier molecular flexibility index (Phi) is 4.45. The van der Waals surface area contributed by atoms with Crippen LogP contribution < -0.4 is 4.74 Å². The van der Waals surface area contributed by atoms with Gasteiger partial charge in [-0.25, -0.2) is 0 Å². The molecule has 0 amide bonds. The highest BCUT2D eigenvalue weighted by Crippen LogP contribution is 2.33. The van der Waals surface area contributed by atoms with Crippen LogP contribution in [0, 0.1) is 5.92 Å². The standard InChI is InChI=1S/C16H15ClO5/c17-10-2-1-3-12(6-10)20-8-11(18)4-5-14-13-7-16(19)22-15(13)9-21-14/h1-6,13-15H,7-9H2/t13-,14-,15+/m1/s1. The Morgan fingerprint density at radius 3 is 3.14 bits per heavy atom. The third-order valence-electron chi connectivity index (χ3n) is 3.69. The average molecular weight is 323 g/mol. The van der Waals surface area contributed by atoms with Gasteiger partial charge in [-0.3, -0.25) is 9.59 Å². The smallest absolute Gasteiger partial charge is 0.306 e. The lowest BCUT2D eigenvalue weighted by atomic mass is 9.97. The fourth-order valence-electron chi connectivity index (χ4n) is 2.60. The molecule has 0 aromatic heterocycles. The normalized spacial score (nSPS) is 27.0. The van der Waals surface area contributed by atoms with Crippen LogP contribution in [0.2, 0.25) is 5.02 Å². The third kappa shape index (κ3) is 3.48. The second kappa shape index (κ2) is 6.50. The first-order valence-electron chi connectivity index (χ1n) is 7.02. The maximum absolute atomic E-state index is 11.8. The molecule has 1 aromatic carbocycles. The van der Waals surface area contributed by atoms with E-state index in [9.17, 15) is 9.59 Å². The van der Waals surface area contributed by atoms with Crippen LogP contribution in [-0.4, -0.2) is 37.2 Å². The van der Waals surface area contributed by atoms with Crippen LogP contribution in [0.5, 0.6) is 5.75 Å². The summed E-state index contributed by atoms with van der Waals surface area (Å²) < 4.78 is 16.0. The van der Waals surface area contributed by atoms with Gasteiger partial charge in [0.15, 0.2) is 12.4 Å². The van der Waals surface area contributed by atoms with Gasteiger partial charge < -0.3 is 14.2 Å². The van der Waals surface area contributed by atoms with Gasteiger partial charge in [0.05, 0.1) is 19.1 Å². The zero-order valence-electron chi connectivity index (χ0n) is 11.7. The molecule has 0 spiro atoms. The predicted octanol–water partition coefficient (Wildman–Crippen LogP) is 2.17. The number of ketones is 1. The summed E-state index contributed by atoms with van der Waals surface area (Å²) in [4.78, 5) is 23.0. The molecule has 2 fully saturated rings. The molecule has 0 bridgehead atoms. The predicted molar refractivity (Wildman–Crippen MR) is 78.8 cm³/mol. The molecule has 2 saturated heterocycles. The highest BCUT2D eigenvalue weighted by atomic mass is 35.5. The molecular weight excluding hydrogens is 308 g/mol. The first-order valence-corrected chi connectivity index (χ1v) is 7.40. The van der Waals surface area contributed by atoms with E-state index in [0.717, 1.165) is 0 Å². The lowest BCUT2D eigenvalue weighted by molar-refractivity contribution is -0.142. The van der Waals surface area contributed by atoms with E-state index in [4.69, 9.17) is 25.8 Å². The van der Waals surface area contributed by atoms with Crippen LogP contribution in [0.15, 0.2) is 36.4 Å². The molecule has 116 valence electrons. The largest absolute Gasteiger partial charge is 0.485 e. The maximum atomic E-state index is 11.8. The second-order valence-electron chi connectivity index (χ2n) is 5.27. The fourth-order valence-corrected chi connectivity index (χ4v) is 2.78. The summed E-state index contributed by atoms with van der Waals surface area (Å²) in [5.74, 6) is 0.163. The number of hydrogen-bond donors (Lipinski definition) is 0. The van der Waals surface area contributed by atoms with Gasteiger partial charge in [-0.05, 0) is 24.3 Å². The van der Waals surface area contributed by atoms with Gasteiger partial charge in [0.25, 0.3) is 0 Å². The number of benzene rings is 1. The van der Waals surface area contributed by atoms with Crippen molar-refractivity contribution in [2.45, 2.75) is 18.6 Å². The number of carbonyl (C=O) groups is 2.